The normalized spacial score (nSPS) is 12.7. The van der Waals surface area contributed by atoms with Gasteiger partial charge >= 0.3 is 0 Å². The van der Waals surface area contributed by atoms with Gasteiger partial charge < -0.3 is 4.57 Å². The second-order valence-corrected chi connectivity index (χ2v) is 17.3. The quantitative estimate of drug-likeness (QED) is 0.161. The zero-order valence-corrected chi connectivity index (χ0v) is 35.6. The minimum absolute atomic E-state index is 0.108. The minimum Gasteiger partial charge on any atom is -0.309 e. The number of para-hydroxylation sites is 2. The van der Waals surface area contributed by atoms with Gasteiger partial charge in [-0.25, -0.2) is 15.0 Å². The average Bonchev–Trinajstić information content (AvgIpc) is 3.70. The fraction of sp³-hybridized carbons (Fsp3) is 0.0500. The molecule has 4 heteroatoms. The third-order valence-corrected chi connectivity index (χ3v) is 13.0. The summed E-state index contributed by atoms with van der Waals surface area (Å²) in [7, 11) is 0. The van der Waals surface area contributed by atoms with Gasteiger partial charge in [-0.05, 0) is 98.1 Å². The van der Waals surface area contributed by atoms with Crippen LogP contribution in [0.1, 0.15) is 25.0 Å². The van der Waals surface area contributed by atoms with Gasteiger partial charge in [-0.1, -0.05) is 190 Å². The van der Waals surface area contributed by atoms with E-state index in [-0.39, 0.29) is 5.41 Å². The van der Waals surface area contributed by atoms with Crippen LogP contribution in [0.4, 0.5) is 0 Å². The van der Waals surface area contributed by atoms with Gasteiger partial charge in [0, 0.05) is 32.9 Å². The van der Waals surface area contributed by atoms with Crippen LogP contribution in [-0.2, 0) is 5.41 Å². The molecule has 0 N–H and O–H groups in total. The predicted molar refractivity (Wildman–Crippen MR) is 264 cm³/mol. The summed E-state index contributed by atoms with van der Waals surface area (Å²) in [6.07, 6.45) is 0. The van der Waals surface area contributed by atoms with E-state index in [0.29, 0.717) is 17.5 Å². The number of hydrogen-bond donors (Lipinski definition) is 0. The maximum atomic E-state index is 5.18. The van der Waals surface area contributed by atoms with Crippen molar-refractivity contribution >= 4 is 21.8 Å². The van der Waals surface area contributed by atoms with Crippen LogP contribution in [0.15, 0.2) is 218 Å². The fourth-order valence-corrected chi connectivity index (χ4v) is 9.73. The van der Waals surface area contributed by atoms with E-state index >= 15 is 0 Å². The minimum atomic E-state index is -0.108. The molecular weight excluding hydrogens is 777 g/mol. The molecule has 11 aromatic rings. The van der Waals surface area contributed by atoms with Crippen molar-refractivity contribution in [1.82, 2.24) is 19.5 Å². The number of hydrogen-bond acceptors (Lipinski definition) is 3. The van der Waals surface area contributed by atoms with Crippen molar-refractivity contribution in [2.24, 2.45) is 0 Å². The Morgan fingerprint density at radius 2 is 0.734 bits per heavy atom. The molecule has 0 radical (unpaired) electrons. The predicted octanol–water partition coefficient (Wildman–Crippen LogP) is 15.3. The van der Waals surface area contributed by atoms with E-state index in [1.54, 1.807) is 0 Å². The summed E-state index contributed by atoms with van der Waals surface area (Å²) < 4.78 is 2.47. The molecule has 9 aromatic carbocycles. The van der Waals surface area contributed by atoms with Gasteiger partial charge in [0.05, 0.1) is 16.7 Å². The lowest BCUT2D eigenvalue weighted by Gasteiger charge is -2.34. The summed E-state index contributed by atoms with van der Waals surface area (Å²) in [4.78, 5) is 15.4. The highest BCUT2D eigenvalue weighted by atomic mass is 15.0. The molecule has 12 rings (SSSR count). The first-order chi connectivity index (χ1) is 31.5. The Morgan fingerprint density at radius 1 is 0.312 bits per heavy atom. The molecule has 2 aromatic heterocycles. The molecule has 0 bridgehead atoms. The van der Waals surface area contributed by atoms with Gasteiger partial charge in [0.15, 0.2) is 17.5 Å². The summed E-state index contributed by atoms with van der Waals surface area (Å²) in [5, 5.41) is 2.52. The summed E-state index contributed by atoms with van der Waals surface area (Å²) >= 11 is 0. The smallest absolute Gasteiger partial charge is 0.164 e. The van der Waals surface area contributed by atoms with Crippen LogP contribution in [0, 0.1) is 0 Å². The molecule has 1 aliphatic rings. The maximum Gasteiger partial charge on any atom is 0.164 e. The second-order valence-electron chi connectivity index (χ2n) is 17.3. The molecule has 3 heterocycles. The molecule has 4 nitrogen and oxygen atoms in total. The van der Waals surface area contributed by atoms with Gasteiger partial charge in [0.2, 0.25) is 0 Å². The Labute approximate surface area is 372 Å². The van der Waals surface area contributed by atoms with Gasteiger partial charge in [-0.2, -0.15) is 0 Å². The Hall–Kier alpha value is -8.21. The monoisotopic (exact) mass is 818 g/mol. The molecule has 1 aliphatic heterocycles. The van der Waals surface area contributed by atoms with E-state index in [2.05, 4.69) is 219 Å². The topological polar surface area (TPSA) is 43.6 Å². The molecule has 0 saturated heterocycles. The number of rotatable bonds is 7. The Kier molecular flexibility index (Phi) is 8.80. The zero-order valence-electron chi connectivity index (χ0n) is 35.6. The molecule has 0 fully saturated rings. The molecular formula is C60H42N4. The van der Waals surface area contributed by atoms with Crippen LogP contribution >= 0.6 is 0 Å². The first kappa shape index (κ1) is 37.5. The summed E-state index contributed by atoms with van der Waals surface area (Å²) in [5.74, 6) is 1.89. The highest BCUT2D eigenvalue weighted by Crippen LogP contribution is 2.48. The lowest BCUT2D eigenvalue weighted by molar-refractivity contribution is 0.630. The van der Waals surface area contributed by atoms with Crippen molar-refractivity contribution < 1.29 is 0 Å². The SMILES string of the molecule is CC1(C)c2ccccc2-n2c3ccc(-c4cccc(-c5nc(-c6ccccc6)nc(-c6ccc(-c7cc(-c8ccccc8)cc(-c8ccccc8)c7)cc6)n5)c4)cc3c3cccc1c32. The highest BCUT2D eigenvalue weighted by molar-refractivity contribution is 6.12. The molecule has 0 unspecified atom stereocenters. The summed E-state index contributed by atoms with van der Waals surface area (Å²) in [5.41, 5.74) is 18.4. The van der Waals surface area contributed by atoms with Gasteiger partial charge in [-0.3, -0.25) is 0 Å². The average molecular weight is 819 g/mol. The summed E-state index contributed by atoms with van der Waals surface area (Å²) in [6, 6.07) is 77.9. The van der Waals surface area contributed by atoms with E-state index in [4.69, 9.17) is 15.0 Å². The Bertz CT molecular complexity index is 3490. The van der Waals surface area contributed by atoms with Crippen molar-refractivity contribution in [1.29, 1.82) is 0 Å². The molecule has 0 amide bonds. The van der Waals surface area contributed by atoms with E-state index in [1.165, 1.54) is 60.9 Å². The molecule has 64 heavy (non-hydrogen) atoms. The van der Waals surface area contributed by atoms with Gasteiger partial charge in [-0.15, -0.1) is 0 Å². The standard InChI is InChI=1S/C60H42N4/c1-60(2)52-25-12-13-27-55(52)64-54-33-32-45(38-51(54)50-24-15-26-53(60)56(50)64)44-22-14-23-46(34-44)59-62-57(42-20-10-5-11-21-42)61-58(63-59)43-30-28-41(29-31-43)49-36-47(39-16-6-3-7-17-39)35-48(37-49)40-18-8-4-9-19-40/h3-38H,1-2H3. The number of aromatic nitrogens is 4. The van der Waals surface area contributed by atoms with Crippen LogP contribution in [0.3, 0.4) is 0 Å². The molecule has 0 aliphatic carbocycles. The number of fused-ring (bicyclic) bond motifs is 5. The highest BCUT2D eigenvalue weighted by Gasteiger charge is 2.34. The second kappa shape index (κ2) is 15.0. The molecule has 0 spiro atoms. The van der Waals surface area contributed by atoms with Crippen molar-refractivity contribution in [2.75, 3.05) is 0 Å². The van der Waals surface area contributed by atoms with E-state index in [0.717, 1.165) is 38.9 Å². The van der Waals surface area contributed by atoms with Gasteiger partial charge in [0.1, 0.15) is 0 Å². The van der Waals surface area contributed by atoms with Crippen LogP contribution < -0.4 is 0 Å². The first-order valence-electron chi connectivity index (χ1n) is 21.9. The van der Waals surface area contributed by atoms with Crippen LogP contribution in [-0.4, -0.2) is 19.5 Å². The Balaban J connectivity index is 0.940. The Morgan fingerprint density at radius 3 is 1.38 bits per heavy atom. The lowest BCUT2D eigenvalue weighted by Crippen LogP contribution is -2.26. The number of benzene rings is 9. The van der Waals surface area contributed by atoms with Crippen molar-refractivity contribution in [3.05, 3.63) is 230 Å². The van der Waals surface area contributed by atoms with Crippen LogP contribution in [0.2, 0.25) is 0 Å². The van der Waals surface area contributed by atoms with Crippen molar-refractivity contribution in [3.8, 4) is 84.4 Å². The van der Waals surface area contributed by atoms with Crippen LogP contribution in [0.25, 0.3) is 106 Å². The van der Waals surface area contributed by atoms with Gasteiger partial charge in [0.25, 0.3) is 0 Å². The van der Waals surface area contributed by atoms with E-state index in [9.17, 15) is 0 Å². The lowest BCUT2D eigenvalue weighted by atomic mass is 9.75. The third-order valence-electron chi connectivity index (χ3n) is 13.0. The maximum absolute atomic E-state index is 5.18. The molecule has 0 saturated carbocycles. The fourth-order valence-electron chi connectivity index (χ4n) is 9.73. The first-order valence-corrected chi connectivity index (χ1v) is 21.9. The largest absolute Gasteiger partial charge is 0.309 e. The number of nitrogens with zero attached hydrogens (tertiary/aromatic N) is 4. The van der Waals surface area contributed by atoms with E-state index in [1.807, 2.05) is 18.2 Å². The third kappa shape index (κ3) is 6.34. The van der Waals surface area contributed by atoms with Crippen LogP contribution in [0.5, 0.6) is 0 Å². The van der Waals surface area contributed by atoms with E-state index < -0.39 is 0 Å². The van der Waals surface area contributed by atoms with Crippen molar-refractivity contribution in [3.63, 3.8) is 0 Å². The van der Waals surface area contributed by atoms with Crippen molar-refractivity contribution in [2.45, 2.75) is 19.3 Å². The summed E-state index contributed by atoms with van der Waals surface area (Å²) in [6.45, 7) is 4.69. The molecule has 302 valence electrons. The zero-order chi connectivity index (χ0) is 42.8. The molecule has 0 atom stereocenters.